The summed E-state index contributed by atoms with van der Waals surface area (Å²) in [5.74, 6) is 0.518. The molecule has 2 heterocycles. The van der Waals surface area contributed by atoms with Crippen molar-refractivity contribution >= 4 is 10.2 Å². The van der Waals surface area contributed by atoms with Crippen LogP contribution in [0.3, 0.4) is 0 Å². The van der Waals surface area contributed by atoms with Crippen LogP contribution < -0.4 is 10.0 Å². The van der Waals surface area contributed by atoms with E-state index in [1.807, 2.05) is 0 Å². The average Bonchev–Trinajstić information content (AvgIpc) is 2.94. The topological polar surface area (TPSA) is 61.4 Å². The Morgan fingerprint density at radius 1 is 1.19 bits per heavy atom. The van der Waals surface area contributed by atoms with Crippen LogP contribution in [0.5, 0.6) is 0 Å². The van der Waals surface area contributed by atoms with Crippen LogP contribution in [0.15, 0.2) is 0 Å². The summed E-state index contributed by atoms with van der Waals surface area (Å²) < 4.78 is 28.4. The molecule has 0 amide bonds. The van der Waals surface area contributed by atoms with E-state index in [9.17, 15) is 8.42 Å². The first-order valence-electron chi connectivity index (χ1n) is 6.16. The number of piperidine rings is 1. The van der Waals surface area contributed by atoms with Crippen molar-refractivity contribution in [2.75, 3.05) is 19.6 Å². The SMILES string of the molecule is O=S(=O)(NC1CC1)N1C[C@@H]2CCCN[C@@H]2C1. The predicted molar refractivity (Wildman–Crippen MR) is 61.2 cm³/mol. The fourth-order valence-electron chi connectivity index (χ4n) is 2.69. The number of nitrogens with one attached hydrogen (secondary N) is 2. The second kappa shape index (κ2) is 3.94. The van der Waals surface area contributed by atoms with E-state index < -0.39 is 10.2 Å². The summed E-state index contributed by atoms with van der Waals surface area (Å²) in [5, 5.41) is 3.42. The van der Waals surface area contributed by atoms with Crippen LogP contribution in [0.1, 0.15) is 25.7 Å². The summed E-state index contributed by atoms with van der Waals surface area (Å²) in [4.78, 5) is 0. The highest BCUT2D eigenvalue weighted by atomic mass is 32.2. The van der Waals surface area contributed by atoms with Gasteiger partial charge in [0.1, 0.15) is 0 Å². The van der Waals surface area contributed by atoms with Crippen molar-refractivity contribution in [3.05, 3.63) is 0 Å². The molecule has 1 aliphatic carbocycles. The Morgan fingerprint density at radius 2 is 2.00 bits per heavy atom. The fourth-order valence-corrected chi connectivity index (χ4v) is 4.24. The Hall–Kier alpha value is -0.170. The smallest absolute Gasteiger partial charge is 0.279 e. The molecule has 2 aliphatic heterocycles. The molecule has 3 rings (SSSR count). The quantitative estimate of drug-likeness (QED) is 0.715. The summed E-state index contributed by atoms with van der Waals surface area (Å²) in [5.41, 5.74) is 0. The summed E-state index contributed by atoms with van der Waals surface area (Å²) in [6, 6.07) is 0.588. The van der Waals surface area contributed by atoms with Crippen LogP contribution in [0, 0.1) is 5.92 Å². The first kappa shape index (κ1) is 11.0. The Bertz CT molecular complexity index is 352. The monoisotopic (exact) mass is 245 g/mol. The largest absolute Gasteiger partial charge is 0.312 e. The minimum atomic E-state index is -3.21. The molecule has 0 bridgehead atoms. The van der Waals surface area contributed by atoms with E-state index in [1.54, 1.807) is 4.31 Å². The lowest BCUT2D eigenvalue weighted by atomic mass is 9.94. The highest BCUT2D eigenvalue weighted by Gasteiger charge is 2.41. The molecule has 3 fully saturated rings. The molecule has 0 spiro atoms. The van der Waals surface area contributed by atoms with Crippen LogP contribution in [0.2, 0.25) is 0 Å². The van der Waals surface area contributed by atoms with E-state index in [0.29, 0.717) is 25.0 Å². The van der Waals surface area contributed by atoms with E-state index >= 15 is 0 Å². The zero-order valence-corrected chi connectivity index (χ0v) is 10.2. The zero-order chi connectivity index (χ0) is 11.2. The molecular weight excluding hydrogens is 226 g/mol. The first-order valence-corrected chi connectivity index (χ1v) is 7.60. The third kappa shape index (κ3) is 2.11. The molecule has 6 heteroatoms. The van der Waals surface area contributed by atoms with Gasteiger partial charge in [0.05, 0.1) is 0 Å². The lowest BCUT2D eigenvalue weighted by Gasteiger charge is -2.24. The molecule has 0 aromatic carbocycles. The molecule has 0 radical (unpaired) electrons. The molecule has 92 valence electrons. The van der Waals surface area contributed by atoms with Crippen molar-refractivity contribution in [3.8, 4) is 0 Å². The van der Waals surface area contributed by atoms with E-state index in [2.05, 4.69) is 10.0 Å². The number of hydrogen-bond acceptors (Lipinski definition) is 3. The second-order valence-corrected chi connectivity index (χ2v) is 6.88. The minimum Gasteiger partial charge on any atom is -0.312 e. The van der Waals surface area contributed by atoms with Crippen LogP contribution in [0.25, 0.3) is 0 Å². The summed E-state index contributed by atoms with van der Waals surface area (Å²) in [7, 11) is -3.21. The maximum atomic E-state index is 12.0. The molecule has 3 aliphatic rings. The minimum absolute atomic E-state index is 0.209. The number of rotatable bonds is 3. The van der Waals surface area contributed by atoms with Gasteiger partial charge in [-0.1, -0.05) is 0 Å². The van der Waals surface area contributed by atoms with Crippen LogP contribution in [-0.4, -0.2) is 44.4 Å². The van der Waals surface area contributed by atoms with Gasteiger partial charge in [0.25, 0.3) is 10.2 Å². The maximum Gasteiger partial charge on any atom is 0.279 e. The summed E-state index contributed by atoms with van der Waals surface area (Å²) in [6.07, 6.45) is 4.33. The van der Waals surface area contributed by atoms with E-state index in [4.69, 9.17) is 0 Å². The van der Waals surface area contributed by atoms with E-state index in [0.717, 1.165) is 25.8 Å². The van der Waals surface area contributed by atoms with Crippen LogP contribution in [0.4, 0.5) is 0 Å². The highest BCUT2D eigenvalue weighted by molar-refractivity contribution is 7.87. The molecule has 0 aromatic heterocycles. The molecule has 2 N–H and O–H groups in total. The highest BCUT2D eigenvalue weighted by Crippen LogP contribution is 2.28. The van der Waals surface area contributed by atoms with Crippen molar-refractivity contribution in [3.63, 3.8) is 0 Å². The van der Waals surface area contributed by atoms with Crippen molar-refractivity contribution in [1.82, 2.24) is 14.3 Å². The third-order valence-electron chi connectivity index (χ3n) is 3.80. The molecule has 2 saturated heterocycles. The van der Waals surface area contributed by atoms with Gasteiger partial charge >= 0.3 is 0 Å². The maximum absolute atomic E-state index is 12.0. The van der Waals surface area contributed by atoms with Crippen molar-refractivity contribution < 1.29 is 8.42 Å². The average molecular weight is 245 g/mol. The fraction of sp³-hybridized carbons (Fsp3) is 1.00. The zero-order valence-electron chi connectivity index (χ0n) is 9.35. The molecular formula is C10H19N3O2S. The second-order valence-electron chi connectivity index (χ2n) is 5.18. The number of nitrogens with zero attached hydrogens (tertiary/aromatic N) is 1. The van der Waals surface area contributed by atoms with Gasteiger partial charge < -0.3 is 5.32 Å². The first-order chi connectivity index (χ1) is 7.65. The molecule has 5 nitrogen and oxygen atoms in total. The van der Waals surface area contributed by atoms with Crippen molar-refractivity contribution in [2.45, 2.75) is 37.8 Å². The van der Waals surface area contributed by atoms with Gasteiger partial charge in [0, 0.05) is 25.2 Å². The van der Waals surface area contributed by atoms with Crippen LogP contribution >= 0.6 is 0 Å². The lowest BCUT2D eigenvalue weighted by Crippen LogP contribution is -2.43. The summed E-state index contributed by atoms with van der Waals surface area (Å²) in [6.45, 7) is 2.37. The van der Waals surface area contributed by atoms with Gasteiger partial charge in [0.15, 0.2) is 0 Å². The van der Waals surface area contributed by atoms with E-state index in [-0.39, 0.29) is 6.04 Å². The normalized spacial score (nSPS) is 36.2. The van der Waals surface area contributed by atoms with Gasteiger partial charge in [0.2, 0.25) is 0 Å². The number of hydrogen-bond donors (Lipinski definition) is 2. The Morgan fingerprint density at radius 3 is 2.69 bits per heavy atom. The standard InChI is InChI=1S/C10H19N3O2S/c14-16(15,12-9-3-4-9)13-6-8-2-1-5-11-10(8)7-13/h8-12H,1-7H2/t8-,10+/m0/s1. The summed E-state index contributed by atoms with van der Waals surface area (Å²) >= 11 is 0. The molecule has 16 heavy (non-hydrogen) atoms. The van der Waals surface area contributed by atoms with Gasteiger partial charge in [-0.25, -0.2) is 0 Å². The Labute approximate surface area is 96.8 Å². The van der Waals surface area contributed by atoms with Crippen LogP contribution in [-0.2, 0) is 10.2 Å². The van der Waals surface area contributed by atoms with Gasteiger partial charge in [-0.3, -0.25) is 0 Å². The van der Waals surface area contributed by atoms with Gasteiger partial charge in [-0.2, -0.15) is 17.4 Å². The predicted octanol–water partition coefficient (Wildman–Crippen LogP) is -0.333. The lowest BCUT2D eigenvalue weighted by molar-refractivity contribution is 0.339. The number of fused-ring (bicyclic) bond motifs is 1. The molecule has 0 unspecified atom stereocenters. The van der Waals surface area contributed by atoms with Crippen molar-refractivity contribution in [2.24, 2.45) is 5.92 Å². The molecule has 2 atom stereocenters. The Balaban J connectivity index is 1.67. The Kier molecular flexibility index (Phi) is 2.70. The third-order valence-corrected chi connectivity index (χ3v) is 5.41. The van der Waals surface area contributed by atoms with Crippen molar-refractivity contribution in [1.29, 1.82) is 0 Å². The molecule has 1 saturated carbocycles. The van der Waals surface area contributed by atoms with E-state index in [1.165, 1.54) is 6.42 Å². The van der Waals surface area contributed by atoms with Gasteiger partial charge in [-0.15, -0.1) is 0 Å². The van der Waals surface area contributed by atoms with Gasteiger partial charge in [-0.05, 0) is 38.1 Å². The molecule has 0 aromatic rings.